The maximum Gasteiger partial charge on any atom is 0.409 e. The quantitative estimate of drug-likeness (QED) is 0.0980. The maximum atomic E-state index is 14.2. The van der Waals surface area contributed by atoms with E-state index in [-0.39, 0.29) is 24.3 Å². The number of anilines is 1. The molecule has 0 spiro atoms. The number of alkyl carbamates (subject to hydrolysis) is 2. The minimum atomic E-state index is -2.00. The third kappa shape index (κ3) is 10.8. The second kappa shape index (κ2) is 17.0. The number of hydrogen-bond acceptors (Lipinski definition) is 7. The third-order valence-electron chi connectivity index (χ3n) is 7.44. The monoisotopic (exact) mass is 681 g/mol. The van der Waals surface area contributed by atoms with E-state index in [0.717, 1.165) is 11.1 Å². The van der Waals surface area contributed by atoms with E-state index in [1.165, 1.54) is 18.2 Å². The molecule has 4 aromatic carbocycles. The van der Waals surface area contributed by atoms with Crippen molar-refractivity contribution in [2.24, 2.45) is 0 Å². The van der Waals surface area contributed by atoms with Crippen LogP contribution in [0.4, 0.5) is 15.3 Å². The molecule has 0 fully saturated rings. The lowest BCUT2D eigenvalue weighted by Crippen LogP contribution is -2.67. The van der Waals surface area contributed by atoms with Crippen LogP contribution in [0.3, 0.4) is 0 Å². The molecule has 0 saturated heterocycles. The summed E-state index contributed by atoms with van der Waals surface area (Å²) < 4.78 is 16.9. The predicted molar refractivity (Wildman–Crippen MR) is 190 cm³/mol. The normalized spacial score (nSPS) is 12.2. The summed E-state index contributed by atoms with van der Waals surface area (Å²) in [5.41, 5.74) is -0.128. The van der Waals surface area contributed by atoms with Gasteiger partial charge in [0.1, 0.15) is 24.6 Å². The number of nitrogens with one attached hydrogen (secondary N) is 3. The maximum absolute atomic E-state index is 14.2. The summed E-state index contributed by atoms with van der Waals surface area (Å²) in [6, 6.07) is 29.9. The number of carboxylic acids is 1. The lowest BCUT2D eigenvalue weighted by molar-refractivity contribution is -0.124. The van der Waals surface area contributed by atoms with Gasteiger partial charge < -0.3 is 24.6 Å². The number of hydrogen-bond donors (Lipinski definition) is 4. The molecule has 0 aliphatic carbocycles. The number of rotatable bonds is 14. The first-order valence-electron chi connectivity index (χ1n) is 16.3. The van der Waals surface area contributed by atoms with Gasteiger partial charge in [0.05, 0.1) is 5.56 Å². The molecule has 1 unspecified atom stereocenters. The number of aromatic carboxylic acids is 1. The fourth-order valence-corrected chi connectivity index (χ4v) is 5.02. The van der Waals surface area contributed by atoms with Crippen LogP contribution < -0.4 is 20.7 Å². The fraction of sp³-hybridized carbons (Fsp3) is 0.282. The van der Waals surface area contributed by atoms with E-state index in [1.54, 1.807) is 69.3 Å². The molecule has 11 heteroatoms. The van der Waals surface area contributed by atoms with Crippen molar-refractivity contribution in [3.8, 4) is 16.9 Å². The number of ether oxygens (including phenoxy) is 3. The van der Waals surface area contributed by atoms with Gasteiger partial charge in [-0.05, 0) is 86.2 Å². The fourth-order valence-electron chi connectivity index (χ4n) is 5.02. The Balaban J connectivity index is 1.64. The van der Waals surface area contributed by atoms with E-state index >= 15 is 0 Å². The lowest BCUT2D eigenvalue weighted by Gasteiger charge is -2.34. The highest BCUT2D eigenvalue weighted by molar-refractivity contribution is 6.03. The van der Waals surface area contributed by atoms with Crippen LogP contribution in [0.15, 0.2) is 103 Å². The summed E-state index contributed by atoms with van der Waals surface area (Å²) in [6.45, 7) is 7.17. The van der Waals surface area contributed by atoms with Crippen LogP contribution in [0.2, 0.25) is 0 Å². The van der Waals surface area contributed by atoms with Crippen molar-refractivity contribution in [1.82, 2.24) is 10.6 Å². The Labute approximate surface area is 292 Å². The number of benzene rings is 4. The van der Waals surface area contributed by atoms with Gasteiger partial charge in [-0.1, -0.05) is 86.1 Å². The van der Waals surface area contributed by atoms with Crippen LogP contribution in [0.1, 0.15) is 68.4 Å². The molecule has 0 bridgehead atoms. The van der Waals surface area contributed by atoms with Gasteiger partial charge >= 0.3 is 18.2 Å². The van der Waals surface area contributed by atoms with Crippen LogP contribution in [-0.4, -0.2) is 40.4 Å². The Hall–Kier alpha value is -5.84. The highest BCUT2D eigenvalue weighted by atomic mass is 16.6. The average Bonchev–Trinajstić information content (AvgIpc) is 3.09. The van der Waals surface area contributed by atoms with Gasteiger partial charge in [0.25, 0.3) is 5.91 Å². The number of unbranched alkanes of at least 4 members (excludes halogenated alkanes) is 1. The van der Waals surface area contributed by atoms with Crippen molar-refractivity contribution < 1.29 is 38.5 Å². The van der Waals surface area contributed by atoms with E-state index in [0.29, 0.717) is 36.3 Å². The molecule has 0 heterocycles. The van der Waals surface area contributed by atoms with E-state index in [2.05, 4.69) is 16.0 Å². The highest BCUT2D eigenvalue weighted by Crippen LogP contribution is 2.31. The Kier molecular flexibility index (Phi) is 12.6. The molecular formula is C39H43N3O8. The Morgan fingerprint density at radius 3 is 2.00 bits per heavy atom. The molecule has 0 saturated carbocycles. The molecule has 3 amide bonds. The van der Waals surface area contributed by atoms with Crippen molar-refractivity contribution in [1.29, 1.82) is 0 Å². The smallest absolute Gasteiger partial charge is 0.409 e. The number of carbonyl (C=O) groups is 4. The van der Waals surface area contributed by atoms with Gasteiger partial charge in [-0.3, -0.25) is 15.4 Å². The first-order chi connectivity index (χ1) is 23.9. The van der Waals surface area contributed by atoms with Gasteiger partial charge in [0, 0.05) is 5.69 Å². The standard InChI is InChI=1S/C39H43N3O8/c1-5-6-22-39(42-37(47)50-38(2,3)4,41-36(46)49-26-28-16-11-8-12-17-28)35(45)40-30-20-21-32(34(43)44)33(24-30)29-18-13-19-31(23-29)48-25-27-14-9-7-10-15-27/h7-21,23-24H,5-6,22,25-26H2,1-4H3,(H,40,45)(H,41,46)(H,42,47)(H,43,44). The van der Waals surface area contributed by atoms with E-state index in [4.69, 9.17) is 14.2 Å². The zero-order valence-corrected chi connectivity index (χ0v) is 28.7. The Morgan fingerprint density at radius 1 is 0.740 bits per heavy atom. The number of carboxylic acid groups (broad SMARTS) is 1. The molecule has 0 aliphatic heterocycles. The minimum Gasteiger partial charge on any atom is -0.489 e. The molecule has 262 valence electrons. The molecule has 4 N–H and O–H groups in total. The van der Waals surface area contributed by atoms with Gasteiger partial charge in [0.2, 0.25) is 0 Å². The van der Waals surface area contributed by atoms with E-state index < -0.39 is 35.3 Å². The van der Waals surface area contributed by atoms with Crippen molar-refractivity contribution in [2.75, 3.05) is 5.32 Å². The van der Waals surface area contributed by atoms with Gasteiger partial charge in [0.15, 0.2) is 5.66 Å². The van der Waals surface area contributed by atoms with Crippen molar-refractivity contribution >= 4 is 29.8 Å². The largest absolute Gasteiger partial charge is 0.489 e. The summed E-state index contributed by atoms with van der Waals surface area (Å²) in [6.07, 6.45) is -0.810. The Bertz CT molecular complexity index is 1770. The SMILES string of the molecule is CCCCC(NC(=O)OCc1ccccc1)(NC(=O)OC(C)(C)C)C(=O)Nc1ccc(C(=O)O)c(-c2cccc(OCc3ccccc3)c2)c1. The summed E-state index contributed by atoms with van der Waals surface area (Å²) in [5, 5.41) is 18.0. The van der Waals surface area contributed by atoms with Crippen LogP contribution in [0.5, 0.6) is 5.75 Å². The van der Waals surface area contributed by atoms with Gasteiger partial charge in [-0.25, -0.2) is 14.4 Å². The Morgan fingerprint density at radius 2 is 1.38 bits per heavy atom. The average molecular weight is 682 g/mol. The molecule has 1 atom stereocenters. The summed E-state index contributed by atoms with van der Waals surface area (Å²) in [5.74, 6) is -1.43. The third-order valence-corrected chi connectivity index (χ3v) is 7.44. The van der Waals surface area contributed by atoms with E-state index in [9.17, 15) is 24.3 Å². The zero-order chi connectivity index (χ0) is 36.1. The summed E-state index contributed by atoms with van der Waals surface area (Å²) in [4.78, 5) is 52.8. The van der Waals surface area contributed by atoms with Gasteiger partial charge in [-0.15, -0.1) is 0 Å². The molecule has 4 aromatic rings. The zero-order valence-electron chi connectivity index (χ0n) is 28.7. The van der Waals surface area contributed by atoms with Gasteiger partial charge in [-0.2, -0.15) is 0 Å². The second-order valence-electron chi connectivity index (χ2n) is 12.6. The van der Waals surface area contributed by atoms with E-state index in [1.807, 2.05) is 43.3 Å². The second-order valence-corrected chi connectivity index (χ2v) is 12.6. The first-order valence-corrected chi connectivity index (χ1v) is 16.3. The van der Waals surface area contributed by atoms with Crippen molar-refractivity contribution in [3.63, 3.8) is 0 Å². The number of amides is 3. The lowest BCUT2D eigenvalue weighted by atomic mass is 9.97. The molecule has 0 aliphatic rings. The predicted octanol–water partition coefficient (Wildman–Crippen LogP) is 7.91. The van der Waals surface area contributed by atoms with Crippen LogP contribution in [-0.2, 0) is 27.5 Å². The van der Waals surface area contributed by atoms with Crippen LogP contribution >= 0.6 is 0 Å². The van der Waals surface area contributed by atoms with Crippen molar-refractivity contribution in [2.45, 2.75) is 71.4 Å². The summed E-state index contributed by atoms with van der Waals surface area (Å²) >= 11 is 0. The molecule has 11 nitrogen and oxygen atoms in total. The summed E-state index contributed by atoms with van der Waals surface area (Å²) in [7, 11) is 0. The molecule has 0 radical (unpaired) electrons. The topological polar surface area (TPSA) is 152 Å². The van der Waals surface area contributed by atoms with Crippen LogP contribution in [0.25, 0.3) is 11.1 Å². The minimum absolute atomic E-state index is 0.00409. The first kappa shape index (κ1) is 37.0. The highest BCUT2D eigenvalue weighted by Gasteiger charge is 2.43. The van der Waals surface area contributed by atoms with Crippen LogP contribution in [0, 0.1) is 0 Å². The molecule has 50 heavy (non-hydrogen) atoms. The molecular weight excluding hydrogens is 638 g/mol. The molecule has 4 rings (SSSR count). The van der Waals surface area contributed by atoms with Crippen molar-refractivity contribution in [3.05, 3.63) is 120 Å². The molecule has 0 aromatic heterocycles. The number of carbonyl (C=O) groups excluding carboxylic acids is 3.